The third-order valence-corrected chi connectivity index (χ3v) is 3.40. The summed E-state index contributed by atoms with van der Waals surface area (Å²) in [5.74, 6) is -0.125. The van der Waals surface area contributed by atoms with Crippen LogP contribution in [-0.2, 0) is 4.74 Å². The van der Waals surface area contributed by atoms with Crippen molar-refractivity contribution in [2.45, 2.75) is 19.1 Å². The SMILES string of the molecule is CO[C@H]1CNCC1NC(=O)c1csc(C)n1. The number of thiazole rings is 1. The summed E-state index contributed by atoms with van der Waals surface area (Å²) in [4.78, 5) is 16.0. The first-order chi connectivity index (χ1) is 7.70. The molecule has 2 rings (SSSR count). The van der Waals surface area contributed by atoms with Crippen molar-refractivity contribution in [1.82, 2.24) is 15.6 Å². The topological polar surface area (TPSA) is 63.2 Å². The van der Waals surface area contributed by atoms with Crippen molar-refractivity contribution in [2.24, 2.45) is 0 Å². The standard InChI is InChI=1S/C10H15N3O2S/c1-6-12-8(5-16-6)10(14)13-7-3-11-4-9(7)15-2/h5,7,9,11H,3-4H2,1-2H3,(H,13,14)/t7?,9-/m0/s1. The zero-order valence-corrected chi connectivity index (χ0v) is 10.1. The van der Waals surface area contributed by atoms with E-state index in [2.05, 4.69) is 15.6 Å². The molecular formula is C10H15N3O2S. The number of ether oxygens (including phenoxy) is 1. The monoisotopic (exact) mass is 241 g/mol. The zero-order chi connectivity index (χ0) is 11.5. The highest BCUT2D eigenvalue weighted by Gasteiger charge is 2.28. The highest BCUT2D eigenvalue weighted by Crippen LogP contribution is 2.09. The van der Waals surface area contributed by atoms with Gasteiger partial charge in [-0.25, -0.2) is 4.98 Å². The smallest absolute Gasteiger partial charge is 0.271 e. The van der Waals surface area contributed by atoms with Crippen molar-refractivity contribution < 1.29 is 9.53 Å². The van der Waals surface area contributed by atoms with Gasteiger partial charge in [-0.1, -0.05) is 0 Å². The maximum atomic E-state index is 11.8. The molecule has 2 heterocycles. The maximum Gasteiger partial charge on any atom is 0.271 e. The van der Waals surface area contributed by atoms with Gasteiger partial charge in [0.2, 0.25) is 0 Å². The van der Waals surface area contributed by atoms with Gasteiger partial charge in [-0.05, 0) is 6.92 Å². The number of rotatable bonds is 3. The van der Waals surface area contributed by atoms with Crippen LogP contribution in [0.3, 0.4) is 0 Å². The third kappa shape index (κ3) is 2.40. The molecule has 1 unspecified atom stereocenters. The van der Waals surface area contributed by atoms with Crippen molar-refractivity contribution in [2.75, 3.05) is 20.2 Å². The minimum Gasteiger partial charge on any atom is -0.378 e. The molecule has 0 bridgehead atoms. The maximum absolute atomic E-state index is 11.8. The summed E-state index contributed by atoms with van der Waals surface area (Å²) in [6, 6.07) is 0.0273. The number of nitrogens with zero attached hydrogens (tertiary/aromatic N) is 1. The van der Waals surface area contributed by atoms with Gasteiger partial charge in [0, 0.05) is 25.6 Å². The summed E-state index contributed by atoms with van der Waals surface area (Å²) in [6.07, 6.45) is 0.0451. The molecule has 1 fully saturated rings. The first-order valence-corrected chi connectivity index (χ1v) is 6.05. The van der Waals surface area contributed by atoms with E-state index < -0.39 is 0 Å². The molecule has 0 radical (unpaired) electrons. The first-order valence-electron chi connectivity index (χ1n) is 5.17. The number of amides is 1. The van der Waals surface area contributed by atoms with E-state index in [0.29, 0.717) is 5.69 Å². The van der Waals surface area contributed by atoms with Crippen LogP contribution in [0.1, 0.15) is 15.5 Å². The third-order valence-electron chi connectivity index (χ3n) is 2.63. The summed E-state index contributed by atoms with van der Waals surface area (Å²) in [5.41, 5.74) is 0.490. The number of aromatic nitrogens is 1. The molecule has 1 saturated heterocycles. The molecule has 0 spiro atoms. The molecule has 88 valence electrons. The van der Waals surface area contributed by atoms with Gasteiger partial charge in [-0.3, -0.25) is 4.79 Å². The Bertz CT molecular complexity index is 380. The van der Waals surface area contributed by atoms with E-state index in [1.54, 1.807) is 12.5 Å². The molecular weight excluding hydrogens is 226 g/mol. The quantitative estimate of drug-likeness (QED) is 0.792. The Morgan fingerprint density at radius 2 is 2.50 bits per heavy atom. The van der Waals surface area contributed by atoms with Gasteiger partial charge in [0.05, 0.1) is 17.2 Å². The van der Waals surface area contributed by atoms with Crippen LogP contribution in [0.4, 0.5) is 0 Å². The second-order valence-corrected chi connectivity index (χ2v) is 4.83. The highest BCUT2D eigenvalue weighted by molar-refractivity contribution is 7.09. The summed E-state index contributed by atoms with van der Waals surface area (Å²) in [7, 11) is 1.66. The second kappa shape index (κ2) is 4.90. The molecule has 5 nitrogen and oxygen atoms in total. The van der Waals surface area contributed by atoms with Gasteiger partial charge in [0.15, 0.2) is 0 Å². The number of carbonyl (C=O) groups is 1. The molecule has 2 N–H and O–H groups in total. The van der Waals surface area contributed by atoms with Crippen LogP contribution in [0.25, 0.3) is 0 Å². The van der Waals surface area contributed by atoms with Gasteiger partial charge in [-0.2, -0.15) is 0 Å². The van der Waals surface area contributed by atoms with Crippen molar-refractivity contribution in [3.05, 3.63) is 16.1 Å². The second-order valence-electron chi connectivity index (χ2n) is 3.76. The van der Waals surface area contributed by atoms with Crippen LogP contribution < -0.4 is 10.6 Å². The minimum absolute atomic E-state index is 0.0273. The van der Waals surface area contributed by atoms with Crippen molar-refractivity contribution >= 4 is 17.2 Å². The number of hydrogen-bond acceptors (Lipinski definition) is 5. The van der Waals surface area contributed by atoms with E-state index >= 15 is 0 Å². The number of nitrogens with one attached hydrogen (secondary N) is 2. The lowest BCUT2D eigenvalue weighted by atomic mass is 10.2. The lowest BCUT2D eigenvalue weighted by Gasteiger charge is -2.17. The molecule has 1 aliphatic rings. The lowest BCUT2D eigenvalue weighted by Crippen LogP contribution is -2.43. The van der Waals surface area contributed by atoms with Gasteiger partial charge in [-0.15, -0.1) is 11.3 Å². The molecule has 0 aromatic carbocycles. The molecule has 1 aromatic rings. The van der Waals surface area contributed by atoms with Crippen LogP contribution in [0.2, 0.25) is 0 Å². The molecule has 16 heavy (non-hydrogen) atoms. The van der Waals surface area contributed by atoms with Gasteiger partial charge < -0.3 is 15.4 Å². The number of hydrogen-bond donors (Lipinski definition) is 2. The molecule has 6 heteroatoms. The average molecular weight is 241 g/mol. The van der Waals surface area contributed by atoms with Crippen molar-refractivity contribution in [3.63, 3.8) is 0 Å². The summed E-state index contributed by atoms with van der Waals surface area (Å²) < 4.78 is 5.27. The molecule has 1 amide bonds. The van der Waals surface area contributed by atoms with E-state index in [-0.39, 0.29) is 18.1 Å². The minimum atomic E-state index is -0.125. The Morgan fingerprint density at radius 3 is 3.12 bits per heavy atom. The predicted octanol–water partition coefficient (Wildman–Crippen LogP) is 0.168. The van der Waals surface area contributed by atoms with Gasteiger partial charge in [0.25, 0.3) is 5.91 Å². The highest BCUT2D eigenvalue weighted by atomic mass is 32.1. The molecule has 0 aliphatic carbocycles. The van der Waals surface area contributed by atoms with E-state index in [9.17, 15) is 4.79 Å². The predicted molar refractivity (Wildman–Crippen MR) is 61.8 cm³/mol. The normalized spacial score (nSPS) is 24.6. The summed E-state index contributed by atoms with van der Waals surface area (Å²) >= 11 is 1.48. The molecule has 1 aromatic heterocycles. The van der Waals surface area contributed by atoms with E-state index in [1.165, 1.54) is 11.3 Å². The fourth-order valence-corrected chi connectivity index (χ4v) is 2.35. The average Bonchev–Trinajstić information content (AvgIpc) is 2.86. The van der Waals surface area contributed by atoms with Gasteiger partial charge in [0.1, 0.15) is 5.69 Å². The van der Waals surface area contributed by atoms with Gasteiger partial charge >= 0.3 is 0 Å². The molecule has 0 saturated carbocycles. The fraction of sp³-hybridized carbons (Fsp3) is 0.600. The Hall–Kier alpha value is -0.980. The van der Waals surface area contributed by atoms with Crippen LogP contribution in [0.15, 0.2) is 5.38 Å². The molecule has 2 atom stereocenters. The van der Waals surface area contributed by atoms with E-state index in [4.69, 9.17) is 4.74 Å². The summed E-state index contributed by atoms with van der Waals surface area (Å²) in [6.45, 7) is 3.40. The van der Waals surface area contributed by atoms with Crippen LogP contribution in [-0.4, -0.2) is 43.2 Å². The molecule has 1 aliphatic heterocycles. The van der Waals surface area contributed by atoms with Crippen LogP contribution in [0, 0.1) is 6.92 Å². The zero-order valence-electron chi connectivity index (χ0n) is 9.32. The number of methoxy groups -OCH3 is 1. The van der Waals surface area contributed by atoms with E-state index in [1.807, 2.05) is 6.92 Å². The number of carbonyl (C=O) groups excluding carboxylic acids is 1. The Kier molecular flexibility index (Phi) is 3.52. The number of aryl methyl sites for hydroxylation is 1. The first kappa shape index (κ1) is 11.5. The van der Waals surface area contributed by atoms with Crippen LogP contribution >= 0.6 is 11.3 Å². The van der Waals surface area contributed by atoms with Crippen molar-refractivity contribution in [1.29, 1.82) is 0 Å². The lowest BCUT2D eigenvalue weighted by molar-refractivity contribution is 0.0776. The van der Waals surface area contributed by atoms with Crippen molar-refractivity contribution in [3.8, 4) is 0 Å². The van der Waals surface area contributed by atoms with E-state index in [0.717, 1.165) is 18.1 Å². The van der Waals surface area contributed by atoms with Crippen LogP contribution in [0.5, 0.6) is 0 Å². The Labute approximate surface area is 98.2 Å². The summed E-state index contributed by atoms with van der Waals surface area (Å²) in [5, 5.41) is 8.78. The Balaban J connectivity index is 1.97. The Morgan fingerprint density at radius 1 is 1.69 bits per heavy atom. The fourth-order valence-electron chi connectivity index (χ4n) is 1.76. The largest absolute Gasteiger partial charge is 0.378 e.